The van der Waals surface area contributed by atoms with Gasteiger partial charge in [0.25, 0.3) is 0 Å². The Hall–Kier alpha value is -3.65. The molecule has 156 valence electrons. The highest BCUT2D eigenvalue weighted by Gasteiger charge is 2.19. The lowest BCUT2D eigenvalue weighted by molar-refractivity contribution is -0.138. The summed E-state index contributed by atoms with van der Waals surface area (Å²) in [4.78, 5) is 17.5. The average Bonchev–Trinajstić information content (AvgIpc) is 3.20. The van der Waals surface area contributed by atoms with Gasteiger partial charge in [0.2, 0.25) is 0 Å². The number of benzene rings is 2. The van der Waals surface area contributed by atoms with Crippen molar-refractivity contribution in [1.82, 2.24) is 25.2 Å². The number of esters is 1. The molecule has 0 aliphatic rings. The number of hydrogen-bond acceptors (Lipinski definition) is 6. The Balaban J connectivity index is 1.64. The molecule has 0 saturated heterocycles. The van der Waals surface area contributed by atoms with Gasteiger partial charge in [0.1, 0.15) is 12.4 Å². The van der Waals surface area contributed by atoms with Gasteiger partial charge in [0, 0.05) is 5.39 Å². The summed E-state index contributed by atoms with van der Waals surface area (Å²) >= 11 is 6.46. The van der Waals surface area contributed by atoms with Crippen LogP contribution < -0.4 is 0 Å². The molecule has 31 heavy (non-hydrogen) atoms. The highest BCUT2D eigenvalue weighted by Crippen LogP contribution is 2.27. The van der Waals surface area contributed by atoms with Gasteiger partial charge in [0.05, 0.1) is 16.2 Å². The van der Waals surface area contributed by atoms with Crippen molar-refractivity contribution in [2.75, 3.05) is 0 Å². The highest BCUT2D eigenvalue weighted by atomic mass is 35.5. The van der Waals surface area contributed by atoms with Gasteiger partial charge in [0.15, 0.2) is 11.5 Å². The third-order valence-corrected chi connectivity index (χ3v) is 5.22. The van der Waals surface area contributed by atoms with E-state index in [1.54, 1.807) is 6.92 Å². The fraction of sp³-hybridized carbons (Fsp3) is 0.136. The van der Waals surface area contributed by atoms with E-state index in [0.29, 0.717) is 22.1 Å². The van der Waals surface area contributed by atoms with Gasteiger partial charge in [-0.25, -0.2) is 14.2 Å². The van der Waals surface area contributed by atoms with E-state index in [2.05, 4.69) is 20.5 Å². The predicted octanol–water partition coefficient (Wildman–Crippen LogP) is 4.37. The van der Waals surface area contributed by atoms with Crippen LogP contribution in [0.5, 0.6) is 0 Å². The summed E-state index contributed by atoms with van der Waals surface area (Å²) < 4.78 is 20.0. The van der Waals surface area contributed by atoms with Crippen LogP contribution in [-0.2, 0) is 16.1 Å². The second-order valence-electron chi connectivity index (χ2n) is 6.81. The van der Waals surface area contributed by atoms with Gasteiger partial charge in [-0.1, -0.05) is 41.9 Å². The Morgan fingerprint density at radius 1 is 1.16 bits per heavy atom. The van der Waals surface area contributed by atoms with E-state index in [4.69, 9.17) is 16.3 Å². The van der Waals surface area contributed by atoms with Gasteiger partial charge in [-0.3, -0.25) is 0 Å². The van der Waals surface area contributed by atoms with Crippen LogP contribution in [0.1, 0.15) is 22.6 Å². The summed E-state index contributed by atoms with van der Waals surface area (Å²) in [6.07, 6.45) is 1.52. The number of fused-ring (bicyclic) bond motifs is 1. The van der Waals surface area contributed by atoms with Crippen molar-refractivity contribution in [3.63, 3.8) is 0 Å². The third kappa shape index (κ3) is 4.29. The number of nitrogens with zero attached hydrogens (tertiary/aromatic N) is 5. The van der Waals surface area contributed by atoms with Crippen molar-refractivity contribution in [2.45, 2.75) is 20.5 Å². The van der Waals surface area contributed by atoms with Gasteiger partial charge < -0.3 is 4.74 Å². The lowest BCUT2D eigenvalue weighted by Gasteiger charge is -2.12. The fourth-order valence-electron chi connectivity index (χ4n) is 3.10. The van der Waals surface area contributed by atoms with E-state index in [1.165, 1.54) is 35.0 Å². The van der Waals surface area contributed by atoms with Gasteiger partial charge in [-0.2, -0.15) is 4.68 Å². The largest absolute Gasteiger partial charge is 0.454 e. The maximum Gasteiger partial charge on any atom is 0.357 e. The highest BCUT2D eigenvalue weighted by molar-refractivity contribution is 6.32. The number of ether oxygens (including phenoxy) is 1. The van der Waals surface area contributed by atoms with Crippen molar-refractivity contribution >= 4 is 40.2 Å². The Morgan fingerprint density at radius 3 is 2.61 bits per heavy atom. The number of halogens is 2. The maximum absolute atomic E-state index is 13.2. The fourth-order valence-corrected chi connectivity index (χ4v) is 3.30. The van der Waals surface area contributed by atoms with Crippen LogP contribution >= 0.6 is 11.6 Å². The molecule has 4 aromatic rings. The Kier molecular flexibility index (Phi) is 5.73. The van der Waals surface area contributed by atoms with Crippen molar-refractivity contribution in [3.8, 4) is 0 Å². The van der Waals surface area contributed by atoms with E-state index in [-0.39, 0.29) is 18.1 Å². The Labute approximate surface area is 182 Å². The minimum absolute atomic E-state index is 0.0720. The molecule has 2 heterocycles. The molecule has 0 atom stereocenters. The van der Waals surface area contributed by atoms with E-state index in [9.17, 15) is 9.18 Å². The minimum atomic E-state index is -0.677. The molecular formula is C22H17ClFN5O2. The van der Waals surface area contributed by atoms with E-state index < -0.39 is 5.97 Å². The lowest BCUT2D eigenvalue weighted by atomic mass is 10.1. The molecule has 0 aliphatic heterocycles. The van der Waals surface area contributed by atoms with Gasteiger partial charge in [-0.05, 0) is 59.7 Å². The molecule has 7 nitrogen and oxygen atoms in total. The zero-order valence-corrected chi connectivity index (χ0v) is 17.5. The van der Waals surface area contributed by atoms with Crippen molar-refractivity contribution in [3.05, 3.63) is 82.0 Å². The Morgan fingerprint density at radius 2 is 1.90 bits per heavy atom. The summed E-state index contributed by atoms with van der Waals surface area (Å²) in [7, 11) is 0. The molecule has 0 amide bonds. The third-order valence-electron chi connectivity index (χ3n) is 4.72. The smallest absolute Gasteiger partial charge is 0.357 e. The second-order valence-corrected chi connectivity index (χ2v) is 7.19. The molecule has 0 saturated carbocycles. The number of carbonyl (C=O) groups is 1. The number of pyridine rings is 1. The number of rotatable bonds is 5. The van der Waals surface area contributed by atoms with Crippen LogP contribution in [0.2, 0.25) is 5.02 Å². The van der Waals surface area contributed by atoms with Gasteiger partial charge >= 0.3 is 5.97 Å². The molecule has 0 aliphatic carbocycles. The summed E-state index contributed by atoms with van der Waals surface area (Å²) in [5.74, 6) is -0.668. The molecule has 2 aromatic heterocycles. The summed E-state index contributed by atoms with van der Waals surface area (Å²) in [5, 5.41) is 12.6. The number of aryl methyl sites for hydroxylation is 2. The molecule has 0 radical (unpaired) electrons. The first-order valence-corrected chi connectivity index (χ1v) is 9.75. The topological polar surface area (TPSA) is 82.8 Å². The first kappa shape index (κ1) is 20.6. The first-order valence-electron chi connectivity index (χ1n) is 9.37. The van der Waals surface area contributed by atoms with Crippen LogP contribution in [0.15, 0.2) is 48.5 Å². The molecule has 2 aromatic carbocycles. The van der Waals surface area contributed by atoms with E-state index in [0.717, 1.165) is 16.5 Å². The first-order chi connectivity index (χ1) is 14.9. The van der Waals surface area contributed by atoms with Crippen LogP contribution in [-0.4, -0.2) is 31.2 Å². The predicted molar refractivity (Wildman–Crippen MR) is 114 cm³/mol. The standard InChI is InChI=1S/C22H17ClFN5O2/c1-13-17-5-3-4-6-18(17)25-19(21(13)23)12-31-22(30)20(29-14(2)26-27-28-29)11-15-7-9-16(24)10-8-15/h3-11H,12H2,1-2H3/b20-11-. The minimum Gasteiger partial charge on any atom is -0.454 e. The molecule has 0 unspecified atom stereocenters. The zero-order chi connectivity index (χ0) is 22.0. The zero-order valence-electron chi connectivity index (χ0n) is 16.7. The molecule has 4 rings (SSSR count). The lowest BCUT2D eigenvalue weighted by Crippen LogP contribution is -2.15. The molecule has 0 fully saturated rings. The average molecular weight is 438 g/mol. The summed E-state index contributed by atoms with van der Waals surface area (Å²) in [5.41, 5.74) is 2.72. The van der Waals surface area contributed by atoms with Crippen molar-refractivity contribution in [2.24, 2.45) is 0 Å². The molecule has 0 N–H and O–H groups in total. The van der Waals surface area contributed by atoms with E-state index in [1.807, 2.05) is 31.2 Å². The van der Waals surface area contributed by atoms with Crippen LogP contribution in [0, 0.1) is 19.7 Å². The van der Waals surface area contributed by atoms with Gasteiger partial charge in [-0.15, -0.1) is 5.10 Å². The van der Waals surface area contributed by atoms with Crippen LogP contribution in [0.3, 0.4) is 0 Å². The van der Waals surface area contributed by atoms with Crippen LogP contribution in [0.25, 0.3) is 22.7 Å². The maximum atomic E-state index is 13.2. The number of hydrogen-bond donors (Lipinski definition) is 0. The quantitative estimate of drug-likeness (QED) is 0.340. The molecular weight excluding hydrogens is 421 g/mol. The summed E-state index contributed by atoms with van der Waals surface area (Å²) in [6.45, 7) is 3.41. The Bertz CT molecular complexity index is 1300. The summed E-state index contributed by atoms with van der Waals surface area (Å²) in [6, 6.07) is 13.3. The van der Waals surface area contributed by atoms with Crippen LogP contribution in [0.4, 0.5) is 4.39 Å². The SMILES string of the molecule is Cc1c(Cl)c(COC(=O)/C(=C/c2ccc(F)cc2)n2nnnc2C)nc2ccccc12. The molecule has 9 heteroatoms. The monoisotopic (exact) mass is 437 g/mol. The molecule has 0 spiro atoms. The van der Waals surface area contributed by atoms with Crippen molar-refractivity contribution in [1.29, 1.82) is 0 Å². The second kappa shape index (κ2) is 8.61. The number of para-hydroxylation sites is 1. The van der Waals surface area contributed by atoms with Crippen molar-refractivity contribution < 1.29 is 13.9 Å². The number of carbonyl (C=O) groups excluding carboxylic acids is 1. The van der Waals surface area contributed by atoms with E-state index >= 15 is 0 Å². The molecule has 0 bridgehead atoms. The number of aromatic nitrogens is 5. The number of tetrazole rings is 1. The normalized spacial score (nSPS) is 11.7.